The SMILES string of the molecule is CC(C)(C(=O)Nc1ccc2c(c1)OCO2)C(=O)NC1CCCCCC1. The largest absolute Gasteiger partial charge is 0.454 e. The summed E-state index contributed by atoms with van der Waals surface area (Å²) in [5.41, 5.74) is -0.563. The minimum atomic E-state index is -1.15. The second-order valence-electron chi connectivity index (χ2n) is 7.31. The number of benzene rings is 1. The number of anilines is 1. The lowest BCUT2D eigenvalue weighted by molar-refractivity contribution is -0.138. The van der Waals surface area contributed by atoms with Crippen LogP contribution in [0.15, 0.2) is 18.2 Å². The Kier molecular flexibility index (Phi) is 5.16. The zero-order valence-electron chi connectivity index (χ0n) is 14.9. The average Bonchev–Trinajstić information content (AvgIpc) is 2.90. The molecule has 136 valence electrons. The molecule has 2 N–H and O–H groups in total. The molecule has 25 heavy (non-hydrogen) atoms. The number of amides is 2. The molecule has 1 saturated carbocycles. The van der Waals surface area contributed by atoms with Crippen LogP contribution in [0.2, 0.25) is 0 Å². The number of carbonyl (C=O) groups is 2. The third-order valence-electron chi connectivity index (χ3n) is 4.96. The molecule has 2 amide bonds. The molecule has 0 bridgehead atoms. The molecular formula is C19H26N2O4. The van der Waals surface area contributed by atoms with Gasteiger partial charge in [0.25, 0.3) is 0 Å². The molecule has 1 aromatic carbocycles. The number of rotatable bonds is 4. The van der Waals surface area contributed by atoms with Crippen LogP contribution in [-0.4, -0.2) is 24.6 Å². The van der Waals surface area contributed by atoms with Crippen molar-refractivity contribution < 1.29 is 19.1 Å². The molecule has 1 aliphatic carbocycles. The first-order valence-electron chi connectivity index (χ1n) is 8.99. The minimum Gasteiger partial charge on any atom is -0.454 e. The monoisotopic (exact) mass is 346 g/mol. The van der Waals surface area contributed by atoms with Gasteiger partial charge in [-0.15, -0.1) is 0 Å². The van der Waals surface area contributed by atoms with Crippen molar-refractivity contribution in [3.63, 3.8) is 0 Å². The summed E-state index contributed by atoms with van der Waals surface area (Å²) in [6.07, 6.45) is 6.70. The Morgan fingerprint density at radius 3 is 2.40 bits per heavy atom. The van der Waals surface area contributed by atoms with Crippen molar-refractivity contribution in [1.82, 2.24) is 5.32 Å². The van der Waals surface area contributed by atoms with Crippen molar-refractivity contribution in [2.24, 2.45) is 5.41 Å². The van der Waals surface area contributed by atoms with Gasteiger partial charge in [0.2, 0.25) is 18.6 Å². The number of hydrogen-bond donors (Lipinski definition) is 2. The van der Waals surface area contributed by atoms with Crippen LogP contribution < -0.4 is 20.1 Å². The summed E-state index contributed by atoms with van der Waals surface area (Å²) in [6.45, 7) is 3.49. The Morgan fingerprint density at radius 1 is 1.00 bits per heavy atom. The lowest BCUT2D eigenvalue weighted by Crippen LogP contribution is -2.48. The highest BCUT2D eigenvalue weighted by Gasteiger charge is 2.37. The fraction of sp³-hybridized carbons (Fsp3) is 0.579. The number of carbonyl (C=O) groups excluding carboxylic acids is 2. The van der Waals surface area contributed by atoms with Crippen LogP contribution in [0.3, 0.4) is 0 Å². The molecule has 0 spiro atoms. The van der Waals surface area contributed by atoms with E-state index in [4.69, 9.17) is 9.47 Å². The molecule has 6 nitrogen and oxygen atoms in total. The van der Waals surface area contributed by atoms with Crippen LogP contribution in [0.1, 0.15) is 52.4 Å². The number of fused-ring (bicyclic) bond motifs is 1. The van der Waals surface area contributed by atoms with E-state index in [1.54, 1.807) is 32.0 Å². The molecule has 1 fully saturated rings. The van der Waals surface area contributed by atoms with E-state index in [9.17, 15) is 9.59 Å². The second kappa shape index (κ2) is 7.33. The predicted octanol–water partition coefficient (Wildman–Crippen LogP) is 3.22. The van der Waals surface area contributed by atoms with Crippen molar-refractivity contribution in [2.45, 2.75) is 58.4 Å². The molecular weight excluding hydrogens is 320 g/mol. The molecule has 0 atom stereocenters. The molecule has 1 aliphatic heterocycles. The van der Waals surface area contributed by atoms with E-state index in [1.807, 2.05) is 0 Å². The maximum Gasteiger partial charge on any atom is 0.239 e. The summed E-state index contributed by atoms with van der Waals surface area (Å²) in [5.74, 6) is 0.692. The van der Waals surface area contributed by atoms with Gasteiger partial charge in [-0.25, -0.2) is 0 Å². The van der Waals surface area contributed by atoms with Gasteiger partial charge in [0.1, 0.15) is 5.41 Å². The molecule has 0 unspecified atom stereocenters. The highest BCUT2D eigenvalue weighted by Crippen LogP contribution is 2.34. The molecule has 0 saturated heterocycles. The fourth-order valence-electron chi connectivity index (χ4n) is 3.15. The quantitative estimate of drug-likeness (QED) is 0.648. The number of ether oxygens (including phenoxy) is 2. The van der Waals surface area contributed by atoms with E-state index in [2.05, 4.69) is 10.6 Å². The normalized spacial score (nSPS) is 17.7. The van der Waals surface area contributed by atoms with E-state index in [1.165, 1.54) is 12.8 Å². The molecule has 1 heterocycles. The smallest absolute Gasteiger partial charge is 0.239 e. The van der Waals surface area contributed by atoms with Crippen LogP contribution in [0, 0.1) is 5.41 Å². The first-order chi connectivity index (χ1) is 12.0. The summed E-state index contributed by atoms with van der Waals surface area (Å²) in [6, 6.07) is 5.37. The second-order valence-corrected chi connectivity index (χ2v) is 7.31. The van der Waals surface area contributed by atoms with E-state index in [0.29, 0.717) is 17.2 Å². The van der Waals surface area contributed by atoms with E-state index in [-0.39, 0.29) is 24.6 Å². The third-order valence-corrected chi connectivity index (χ3v) is 4.96. The predicted molar refractivity (Wildman–Crippen MR) is 94.6 cm³/mol. The minimum absolute atomic E-state index is 0.174. The van der Waals surface area contributed by atoms with Gasteiger partial charge in [-0.3, -0.25) is 9.59 Å². The first-order valence-corrected chi connectivity index (χ1v) is 8.99. The molecule has 2 aliphatic rings. The molecule has 3 rings (SSSR count). The topological polar surface area (TPSA) is 76.7 Å². The van der Waals surface area contributed by atoms with Crippen LogP contribution in [-0.2, 0) is 9.59 Å². The van der Waals surface area contributed by atoms with Crippen LogP contribution in [0.4, 0.5) is 5.69 Å². The van der Waals surface area contributed by atoms with E-state index < -0.39 is 5.41 Å². The highest BCUT2D eigenvalue weighted by atomic mass is 16.7. The van der Waals surface area contributed by atoms with Gasteiger partial charge in [-0.1, -0.05) is 25.7 Å². The maximum absolute atomic E-state index is 12.6. The lowest BCUT2D eigenvalue weighted by Gasteiger charge is -2.26. The van der Waals surface area contributed by atoms with Crippen molar-refractivity contribution in [1.29, 1.82) is 0 Å². The van der Waals surface area contributed by atoms with Gasteiger partial charge in [-0.2, -0.15) is 0 Å². The zero-order chi connectivity index (χ0) is 17.9. The van der Waals surface area contributed by atoms with Crippen LogP contribution >= 0.6 is 0 Å². The number of hydrogen-bond acceptors (Lipinski definition) is 4. The summed E-state index contributed by atoms with van der Waals surface area (Å²) in [7, 11) is 0. The standard InChI is InChI=1S/C19H26N2O4/c1-19(2,17(22)20-13-7-5-3-4-6-8-13)18(23)21-14-9-10-15-16(11-14)25-12-24-15/h9-11,13H,3-8,12H2,1-2H3,(H,20,22)(H,21,23). The Morgan fingerprint density at radius 2 is 1.68 bits per heavy atom. The Bertz CT molecular complexity index is 649. The fourth-order valence-corrected chi connectivity index (χ4v) is 3.15. The van der Waals surface area contributed by atoms with Gasteiger partial charge in [0.05, 0.1) is 0 Å². The summed E-state index contributed by atoms with van der Waals surface area (Å²) < 4.78 is 10.6. The highest BCUT2D eigenvalue weighted by molar-refractivity contribution is 6.10. The summed E-state index contributed by atoms with van der Waals surface area (Å²) in [4.78, 5) is 25.3. The maximum atomic E-state index is 12.6. The number of nitrogens with one attached hydrogen (secondary N) is 2. The molecule has 6 heteroatoms. The van der Waals surface area contributed by atoms with Crippen molar-refractivity contribution in [3.05, 3.63) is 18.2 Å². The molecule has 0 radical (unpaired) electrons. The zero-order valence-corrected chi connectivity index (χ0v) is 14.9. The van der Waals surface area contributed by atoms with Gasteiger partial charge in [0.15, 0.2) is 11.5 Å². The third kappa shape index (κ3) is 4.06. The van der Waals surface area contributed by atoms with Gasteiger partial charge < -0.3 is 20.1 Å². The summed E-state index contributed by atoms with van der Waals surface area (Å²) in [5, 5.41) is 5.87. The molecule has 0 aromatic heterocycles. The Labute approximate surface area is 148 Å². The Hall–Kier alpha value is -2.24. The summed E-state index contributed by atoms with van der Waals surface area (Å²) >= 11 is 0. The first kappa shape index (κ1) is 17.6. The Balaban J connectivity index is 1.62. The lowest BCUT2D eigenvalue weighted by atomic mass is 9.90. The van der Waals surface area contributed by atoms with Gasteiger partial charge >= 0.3 is 0 Å². The van der Waals surface area contributed by atoms with E-state index >= 15 is 0 Å². The van der Waals surface area contributed by atoms with Gasteiger partial charge in [0, 0.05) is 17.8 Å². The van der Waals surface area contributed by atoms with Crippen LogP contribution in [0.25, 0.3) is 0 Å². The van der Waals surface area contributed by atoms with Crippen molar-refractivity contribution in [3.8, 4) is 11.5 Å². The van der Waals surface area contributed by atoms with Crippen molar-refractivity contribution >= 4 is 17.5 Å². The van der Waals surface area contributed by atoms with Gasteiger partial charge in [-0.05, 0) is 38.8 Å². The average molecular weight is 346 g/mol. The molecule has 1 aromatic rings. The van der Waals surface area contributed by atoms with Crippen molar-refractivity contribution in [2.75, 3.05) is 12.1 Å². The van der Waals surface area contributed by atoms with E-state index in [0.717, 1.165) is 25.7 Å². The van der Waals surface area contributed by atoms with Crippen LogP contribution in [0.5, 0.6) is 11.5 Å².